The van der Waals surface area contributed by atoms with Crippen LogP contribution in [-0.2, 0) is 15.6 Å². The second-order valence-electron chi connectivity index (χ2n) is 9.19. The molecule has 2 atom stereocenters. The maximum absolute atomic E-state index is 6.05. The Labute approximate surface area is 151 Å². The van der Waals surface area contributed by atoms with Crippen LogP contribution in [0.1, 0.15) is 83.5 Å². The Morgan fingerprint density at radius 3 is 2.48 bits per heavy atom. The molecule has 4 nitrogen and oxygen atoms in total. The maximum atomic E-state index is 6.05. The predicted octanol–water partition coefficient (Wildman–Crippen LogP) is 4.97. The quantitative estimate of drug-likeness (QED) is 0.774. The first-order valence-corrected chi connectivity index (χ1v) is 9.28. The first-order chi connectivity index (χ1) is 11.6. The molecule has 3 rings (SSSR count). The van der Waals surface area contributed by atoms with Crippen molar-refractivity contribution in [1.82, 2.24) is 14.8 Å². The van der Waals surface area contributed by atoms with Gasteiger partial charge >= 0.3 is 0 Å². The fourth-order valence-corrected chi connectivity index (χ4v) is 3.20. The van der Waals surface area contributed by atoms with Gasteiger partial charge in [-0.3, -0.25) is 9.67 Å². The Morgan fingerprint density at radius 2 is 1.84 bits per heavy atom. The van der Waals surface area contributed by atoms with E-state index in [0.717, 1.165) is 30.8 Å². The van der Waals surface area contributed by atoms with Crippen LogP contribution in [0.5, 0.6) is 0 Å². The van der Waals surface area contributed by atoms with Crippen LogP contribution in [0, 0.1) is 0 Å². The Hall–Kier alpha value is -1.68. The highest BCUT2D eigenvalue weighted by Crippen LogP contribution is 2.35. The van der Waals surface area contributed by atoms with E-state index in [0.29, 0.717) is 6.04 Å². The molecule has 25 heavy (non-hydrogen) atoms. The molecule has 0 bridgehead atoms. The number of pyridine rings is 1. The van der Waals surface area contributed by atoms with E-state index in [4.69, 9.17) is 9.72 Å². The number of hydrogen-bond acceptors (Lipinski definition) is 3. The van der Waals surface area contributed by atoms with Crippen molar-refractivity contribution in [2.75, 3.05) is 6.61 Å². The molecule has 0 radical (unpaired) electrons. The van der Waals surface area contributed by atoms with Crippen LogP contribution in [0.4, 0.5) is 0 Å². The molecule has 1 saturated heterocycles. The molecule has 0 aromatic carbocycles. The maximum Gasteiger partial charge on any atom is 0.101 e. The molecular formula is C21H31N3O. The molecule has 2 unspecified atom stereocenters. The molecule has 0 amide bonds. The van der Waals surface area contributed by atoms with E-state index in [1.54, 1.807) is 0 Å². The SMILES string of the molecule is CC(C)(C)c1cnn(C2CCOC(c3cccc(C(C)(C)C)n3)C2)c1. The van der Waals surface area contributed by atoms with Gasteiger partial charge in [-0.05, 0) is 29.5 Å². The second kappa shape index (κ2) is 6.56. The van der Waals surface area contributed by atoms with Crippen LogP contribution < -0.4 is 0 Å². The third-order valence-electron chi connectivity index (χ3n) is 4.97. The molecule has 0 spiro atoms. The predicted molar refractivity (Wildman–Crippen MR) is 101 cm³/mol. The largest absolute Gasteiger partial charge is 0.372 e. The minimum absolute atomic E-state index is 0.0448. The number of rotatable bonds is 2. The van der Waals surface area contributed by atoms with Crippen LogP contribution in [0.15, 0.2) is 30.6 Å². The zero-order valence-corrected chi connectivity index (χ0v) is 16.4. The van der Waals surface area contributed by atoms with E-state index in [-0.39, 0.29) is 16.9 Å². The third kappa shape index (κ3) is 4.12. The summed E-state index contributed by atoms with van der Waals surface area (Å²) in [7, 11) is 0. The Balaban J connectivity index is 1.79. The van der Waals surface area contributed by atoms with Crippen LogP contribution in [-0.4, -0.2) is 21.4 Å². The third-order valence-corrected chi connectivity index (χ3v) is 4.97. The van der Waals surface area contributed by atoms with Crippen molar-refractivity contribution in [1.29, 1.82) is 0 Å². The van der Waals surface area contributed by atoms with Crippen molar-refractivity contribution in [3.63, 3.8) is 0 Å². The smallest absolute Gasteiger partial charge is 0.101 e. The lowest BCUT2D eigenvalue weighted by Gasteiger charge is -2.30. The summed E-state index contributed by atoms with van der Waals surface area (Å²) in [5.41, 5.74) is 3.62. The summed E-state index contributed by atoms with van der Waals surface area (Å²) in [5, 5.41) is 4.63. The van der Waals surface area contributed by atoms with Gasteiger partial charge in [0.15, 0.2) is 0 Å². The van der Waals surface area contributed by atoms with Crippen LogP contribution >= 0.6 is 0 Å². The zero-order chi connectivity index (χ0) is 18.2. The molecule has 2 aromatic rings. The van der Waals surface area contributed by atoms with E-state index in [1.165, 1.54) is 5.56 Å². The molecule has 3 heterocycles. The summed E-state index contributed by atoms with van der Waals surface area (Å²) in [6, 6.07) is 6.66. The molecular weight excluding hydrogens is 310 g/mol. The number of nitrogens with zero attached hydrogens (tertiary/aromatic N) is 3. The summed E-state index contributed by atoms with van der Waals surface area (Å²) < 4.78 is 8.18. The fourth-order valence-electron chi connectivity index (χ4n) is 3.20. The second-order valence-corrected chi connectivity index (χ2v) is 9.19. The van der Waals surface area contributed by atoms with Gasteiger partial charge in [0.2, 0.25) is 0 Å². The Bertz CT molecular complexity index is 721. The van der Waals surface area contributed by atoms with Crippen LogP contribution in [0.3, 0.4) is 0 Å². The van der Waals surface area contributed by atoms with Gasteiger partial charge in [-0.25, -0.2) is 0 Å². The highest BCUT2D eigenvalue weighted by molar-refractivity contribution is 5.20. The monoisotopic (exact) mass is 341 g/mol. The van der Waals surface area contributed by atoms with Gasteiger partial charge < -0.3 is 4.74 Å². The highest BCUT2D eigenvalue weighted by atomic mass is 16.5. The van der Waals surface area contributed by atoms with Crippen molar-refractivity contribution in [2.45, 2.75) is 77.4 Å². The van der Waals surface area contributed by atoms with Crippen LogP contribution in [0.25, 0.3) is 0 Å². The zero-order valence-electron chi connectivity index (χ0n) is 16.4. The van der Waals surface area contributed by atoms with Gasteiger partial charge in [0.05, 0.1) is 17.9 Å². The lowest BCUT2D eigenvalue weighted by molar-refractivity contribution is -0.0119. The average molecular weight is 341 g/mol. The van der Waals surface area contributed by atoms with E-state index < -0.39 is 0 Å². The molecule has 136 valence electrons. The van der Waals surface area contributed by atoms with Gasteiger partial charge in [0, 0.05) is 30.3 Å². The molecule has 0 saturated carbocycles. The number of aromatic nitrogens is 3. The van der Waals surface area contributed by atoms with Crippen LogP contribution in [0.2, 0.25) is 0 Å². The number of ether oxygens (including phenoxy) is 1. The summed E-state index contributed by atoms with van der Waals surface area (Å²) in [4.78, 5) is 4.89. The molecule has 0 N–H and O–H groups in total. The summed E-state index contributed by atoms with van der Waals surface area (Å²) >= 11 is 0. The van der Waals surface area contributed by atoms with Crippen molar-refractivity contribution < 1.29 is 4.74 Å². The first kappa shape index (κ1) is 18.1. The lowest BCUT2D eigenvalue weighted by Crippen LogP contribution is -2.24. The topological polar surface area (TPSA) is 39.9 Å². The van der Waals surface area contributed by atoms with Gasteiger partial charge in [-0.2, -0.15) is 5.10 Å². The van der Waals surface area contributed by atoms with Gasteiger partial charge in [0.1, 0.15) is 6.10 Å². The van der Waals surface area contributed by atoms with Gasteiger partial charge in [-0.1, -0.05) is 47.6 Å². The van der Waals surface area contributed by atoms with E-state index in [2.05, 4.69) is 75.7 Å². The van der Waals surface area contributed by atoms with Crippen molar-refractivity contribution in [3.05, 3.63) is 47.5 Å². The first-order valence-electron chi connectivity index (χ1n) is 9.28. The summed E-state index contributed by atoms with van der Waals surface area (Å²) in [5.74, 6) is 0. The van der Waals surface area contributed by atoms with E-state index >= 15 is 0 Å². The Kier molecular flexibility index (Phi) is 4.76. The fraction of sp³-hybridized carbons (Fsp3) is 0.619. The van der Waals surface area contributed by atoms with Crippen molar-refractivity contribution in [3.8, 4) is 0 Å². The molecule has 0 aliphatic carbocycles. The lowest BCUT2D eigenvalue weighted by atomic mass is 9.90. The minimum atomic E-state index is 0.0448. The molecule has 2 aromatic heterocycles. The number of hydrogen-bond donors (Lipinski definition) is 0. The molecule has 1 aliphatic heterocycles. The Morgan fingerprint density at radius 1 is 1.08 bits per heavy atom. The van der Waals surface area contributed by atoms with Crippen molar-refractivity contribution >= 4 is 0 Å². The summed E-state index contributed by atoms with van der Waals surface area (Å²) in [6.07, 6.45) is 6.17. The van der Waals surface area contributed by atoms with E-state index in [1.807, 2.05) is 6.20 Å². The average Bonchev–Trinajstić information content (AvgIpc) is 3.05. The minimum Gasteiger partial charge on any atom is -0.372 e. The highest BCUT2D eigenvalue weighted by Gasteiger charge is 2.28. The van der Waals surface area contributed by atoms with E-state index in [9.17, 15) is 0 Å². The van der Waals surface area contributed by atoms with Gasteiger partial charge in [-0.15, -0.1) is 0 Å². The standard InChI is InChI=1S/C21H31N3O/c1-20(2,3)15-13-22-24(14-15)16-10-11-25-18(12-16)17-8-7-9-19(23-17)21(4,5)6/h7-9,13-14,16,18H,10-12H2,1-6H3. The molecule has 1 aliphatic rings. The van der Waals surface area contributed by atoms with Crippen molar-refractivity contribution in [2.24, 2.45) is 0 Å². The van der Waals surface area contributed by atoms with Gasteiger partial charge in [0.25, 0.3) is 0 Å². The normalized spacial score (nSPS) is 22.2. The molecule has 4 heteroatoms. The summed E-state index contributed by atoms with van der Waals surface area (Å²) in [6.45, 7) is 14.0. The molecule has 1 fully saturated rings.